The molecule has 4 nitrogen and oxygen atoms in total. The van der Waals surface area contributed by atoms with E-state index in [1.165, 1.54) is 0 Å². The van der Waals surface area contributed by atoms with E-state index in [2.05, 4.69) is 4.90 Å². The molecule has 0 unspecified atom stereocenters. The fourth-order valence-corrected chi connectivity index (χ4v) is 2.54. The van der Waals surface area contributed by atoms with Gasteiger partial charge in [-0.15, -0.1) is 0 Å². The summed E-state index contributed by atoms with van der Waals surface area (Å²) in [6.45, 7) is 5.04. The first kappa shape index (κ1) is 11.2. The molecule has 2 bridgehead atoms. The molecule has 86 valence electrons. The van der Waals surface area contributed by atoms with Crippen LogP contribution in [0, 0.1) is 17.2 Å². The number of nitriles is 1. The molecule has 0 amide bonds. The Labute approximate surface area is 95.5 Å². The molecule has 0 aliphatic carbocycles. The van der Waals surface area contributed by atoms with Crippen LogP contribution in [0.25, 0.3) is 0 Å². The van der Waals surface area contributed by atoms with Crippen molar-refractivity contribution in [1.82, 2.24) is 4.90 Å². The van der Waals surface area contributed by atoms with Gasteiger partial charge in [-0.3, -0.25) is 4.90 Å². The molecule has 3 heterocycles. The highest BCUT2D eigenvalue weighted by molar-refractivity contribution is 5.93. The van der Waals surface area contributed by atoms with Gasteiger partial charge in [-0.2, -0.15) is 5.26 Å². The van der Waals surface area contributed by atoms with E-state index in [9.17, 15) is 4.79 Å². The van der Waals surface area contributed by atoms with Gasteiger partial charge in [0.2, 0.25) is 0 Å². The van der Waals surface area contributed by atoms with Crippen molar-refractivity contribution in [2.75, 3.05) is 26.2 Å². The Balaban J connectivity index is 2.24. The minimum Gasteiger partial charge on any atom is -0.462 e. The number of carbonyl (C=O) groups excluding carboxylic acids is 1. The van der Waals surface area contributed by atoms with Gasteiger partial charge in [0.05, 0.1) is 6.61 Å². The van der Waals surface area contributed by atoms with Gasteiger partial charge in [0.15, 0.2) is 0 Å². The molecule has 4 heteroatoms. The predicted octanol–water partition coefficient (Wildman–Crippen LogP) is 1.10. The van der Waals surface area contributed by atoms with Gasteiger partial charge in [-0.05, 0) is 44.3 Å². The molecule has 3 fully saturated rings. The zero-order chi connectivity index (χ0) is 11.5. The van der Waals surface area contributed by atoms with Crippen LogP contribution in [0.4, 0.5) is 0 Å². The number of rotatable bonds is 2. The summed E-state index contributed by atoms with van der Waals surface area (Å²) in [7, 11) is 0. The Morgan fingerprint density at radius 1 is 1.56 bits per heavy atom. The summed E-state index contributed by atoms with van der Waals surface area (Å²) in [4.78, 5) is 13.9. The maximum absolute atomic E-state index is 11.6. The number of hydrogen-bond donors (Lipinski definition) is 0. The van der Waals surface area contributed by atoms with Crippen molar-refractivity contribution >= 4 is 5.97 Å². The monoisotopic (exact) mass is 220 g/mol. The quantitative estimate of drug-likeness (QED) is 0.397. The minimum atomic E-state index is -0.450. The summed E-state index contributed by atoms with van der Waals surface area (Å²) >= 11 is 0. The van der Waals surface area contributed by atoms with Gasteiger partial charge < -0.3 is 4.74 Å². The molecular formula is C12H16N2O2. The van der Waals surface area contributed by atoms with Gasteiger partial charge in [-0.1, -0.05) is 0 Å². The summed E-state index contributed by atoms with van der Waals surface area (Å²) in [6.07, 6.45) is 2.14. The first-order valence-electron chi connectivity index (χ1n) is 5.79. The number of nitrogens with zero attached hydrogens (tertiary/aromatic N) is 2. The highest BCUT2D eigenvalue weighted by Crippen LogP contribution is 2.33. The molecule has 0 aromatic heterocycles. The van der Waals surface area contributed by atoms with Crippen molar-refractivity contribution in [1.29, 1.82) is 5.26 Å². The second kappa shape index (κ2) is 4.67. The van der Waals surface area contributed by atoms with Crippen molar-refractivity contribution < 1.29 is 9.53 Å². The molecule has 0 saturated carbocycles. The van der Waals surface area contributed by atoms with Crippen molar-refractivity contribution in [2.24, 2.45) is 5.92 Å². The van der Waals surface area contributed by atoms with Crippen LogP contribution in [-0.2, 0) is 9.53 Å². The molecular weight excluding hydrogens is 204 g/mol. The van der Waals surface area contributed by atoms with Crippen LogP contribution in [0.15, 0.2) is 11.1 Å². The van der Waals surface area contributed by atoms with E-state index in [1.54, 1.807) is 6.92 Å². The topological polar surface area (TPSA) is 53.3 Å². The van der Waals surface area contributed by atoms with Crippen molar-refractivity contribution in [2.45, 2.75) is 19.8 Å². The Morgan fingerprint density at radius 3 is 2.69 bits per heavy atom. The van der Waals surface area contributed by atoms with Crippen molar-refractivity contribution in [3.63, 3.8) is 0 Å². The molecule has 0 aromatic rings. The number of hydrogen-bond acceptors (Lipinski definition) is 4. The minimum absolute atomic E-state index is 0.247. The molecule has 16 heavy (non-hydrogen) atoms. The van der Waals surface area contributed by atoms with E-state index < -0.39 is 5.97 Å². The van der Waals surface area contributed by atoms with Crippen LogP contribution in [0.1, 0.15) is 19.8 Å². The summed E-state index contributed by atoms with van der Waals surface area (Å²) in [6, 6.07) is 2.02. The van der Waals surface area contributed by atoms with Gasteiger partial charge in [-0.25, -0.2) is 4.79 Å². The van der Waals surface area contributed by atoms with E-state index in [1.807, 2.05) is 6.07 Å². The Bertz CT molecular complexity index is 360. The van der Waals surface area contributed by atoms with Gasteiger partial charge >= 0.3 is 5.97 Å². The van der Waals surface area contributed by atoms with Crippen molar-refractivity contribution in [3.8, 4) is 6.07 Å². The lowest BCUT2D eigenvalue weighted by Gasteiger charge is -2.41. The molecule has 3 aliphatic heterocycles. The van der Waals surface area contributed by atoms with Crippen LogP contribution in [0.2, 0.25) is 0 Å². The SMILES string of the molecule is CCOC(=O)C(C#N)=C1CN2CCC1CC2. The van der Waals surface area contributed by atoms with Gasteiger partial charge in [0.1, 0.15) is 11.6 Å². The molecule has 0 aromatic carbocycles. The zero-order valence-electron chi connectivity index (χ0n) is 9.53. The van der Waals surface area contributed by atoms with Crippen LogP contribution < -0.4 is 0 Å². The first-order chi connectivity index (χ1) is 7.76. The lowest BCUT2D eigenvalue weighted by Crippen LogP contribution is -2.44. The smallest absolute Gasteiger partial charge is 0.348 e. The Hall–Kier alpha value is -1.34. The molecule has 3 aliphatic rings. The standard InChI is InChI=1S/C12H16N2O2/c1-2-16-12(15)10(7-13)11-8-14-5-3-9(11)4-6-14/h9H,2-6,8H2,1H3. The molecule has 0 spiro atoms. The Kier molecular flexibility index (Phi) is 3.25. The predicted molar refractivity (Wildman–Crippen MR) is 58.4 cm³/mol. The van der Waals surface area contributed by atoms with E-state index in [0.717, 1.165) is 38.0 Å². The Morgan fingerprint density at radius 2 is 2.25 bits per heavy atom. The summed E-state index contributed by atoms with van der Waals surface area (Å²) < 4.78 is 4.92. The van der Waals surface area contributed by atoms with E-state index in [0.29, 0.717) is 12.5 Å². The lowest BCUT2D eigenvalue weighted by molar-refractivity contribution is -0.138. The fourth-order valence-electron chi connectivity index (χ4n) is 2.54. The largest absolute Gasteiger partial charge is 0.462 e. The number of ether oxygens (including phenoxy) is 1. The zero-order valence-corrected chi connectivity index (χ0v) is 9.53. The van der Waals surface area contributed by atoms with E-state index in [-0.39, 0.29) is 5.57 Å². The second-order valence-corrected chi connectivity index (χ2v) is 4.28. The highest BCUT2D eigenvalue weighted by atomic mass is 16.5. The number of piperidine rings is 3. The number of esters is 1. The van der Waals surface area contributed by atoms with E-state index >= 15 is 0 Å². The normalized spacial score (nSPS) is 30.8. The summed E-state index contributed by atoms with van der Waals surface area (Å²) in [5.74, 6) is -0.0298. The van der Waals surface area contributed by atoms with Crippen molar-refractivity contribution in [3.05, 3.63) is 11.1 Å². The van der Waals surface area contributed by atoms with Crippen LogP contribution in [0.5, 0.6) is 0 Å². The summed E-state index contributed by atoms with van der Waals surface area (Å²) in [5.41, 5.74) is 1.25. The second-order valence-electron chi connectivity index (χ2n) is 4.28. The van der Waals surface area contributed by atoms with Crippen LogP contribution >= 0.6 is 0 Å². The van der Waals surface area contributed by atoms with Crippen LogP contribution in [0.3, 0.4) is 0 Å². The molecule has 3 saturated heterocycles. The van der Waals surface area contributed by atoms with E-state index in [4.69, 9.17) is 10.00 Å². The van der Waals surface area contributed by atoms with Gasteiger partial charge in [0.25, 0.3) is 0 Å². The third-order valence-electron chi connectivity index (χ3n) is 3.39. The maximum atomic E-state index is 11.6. The van der Waals surface area contributed by atoms with Crippen LogP contribution in [-0.4, -0.2) is 37.1 Å². The number of carbonyl (C=O) groups is 1. The van der Waals surface area contributed by atoms with Gasteiger partial charge in [0, 0.05) is 6.54 Å². The third kappa shape index (κ3) is 1.96. The maximum Gasteiger partial charge on any atom is 0.348 e. The summed E-state index contributed by atoms with van der Waals surface area (Å²) in [5, 5.41) is 9.08. The first-order valence-corrected chi connectivity index (χ1v) is 5.79. The fraction of sp³-hybridized carbons (Fsp3) is 0.667. The average molecular weight is 220 g/mol. The third-order valence-corrected chi connectivity index (χ3v) is 3.39. The highest BCUT2D eigenvalue weighted by Gasteiger charge is 2.33. The molecule has 0 radical (unpaired) electrons. The molecule has 0 N–H and O–H groups in total. The molecule has 3 rings (SSSR count). The average Bonchev–Trinajstić information content (AvgIpc) is 2.32. The molecule has 0 atom stereocenters. The number of fused-ring (bicyclic) bond motifs is 3. The lowest BCUT2D eigenvalue weighted by atomic mass is 9.81.